The Balaban J connectivity index is 2.02. The summed E-state index contributed by atoms with van der Waals surface area (Å²) in [5, 5.41) is 3.22. The van der Waals surface area contributed by atoms with E-state index in [0.717, 1.165) is 15.0 Å². The standard InChI is InChI=1S/C10H10IN3O/c1-7-6-15-10(14-7)5-13-9-4-12-3-2-8(9)11/h2-4,6,13H,5H2,1H3. The fraction of sp³-hybridized carbons (Fsp3) is 0.200. The van der Waals surface area contributed by atoms with Crippen molar-refractivity contribution in [2.45, 2.75) is 13.5 Å². The van der Waals surface area contributed by atoms with Crippen molar-refractivity contribution in [3.8, 4) is 0 Å². The highest BCUT2D eigenvalue weighted by Gasteiger charge is 2.02. The quantitative estimate of drug-likeness (QED) is 0.885. The van der Waals surface area contributed by atoms with Crippen LogP contribution in [0.2, 0.25) is 0 Å². The molecule has 0 aliphatic carbocycles. The van der Waals surface area contributed by atoms with Gasteiger partial charge in [-0.15, -0.1) is 0 Å². The summed E-state index contributed by atoms with van der Waals surface area (Å²) in [6.45, 7) is 2.48. The highest BCUT2D eigenvalue weighted by atomic mass is 127. The maximum Gasteiger partial charge on any atom is 0.213 e. The minimum atomic E-state index is 0.579. The molecule has 5 heteroatoms. The fourth-order valence-electron chi connectivity index (χ4n) is 1.16. The molecule has 0 aliphatic heterocycles. The van der Waals surface area contributed by atoms with Gasteiger partial charge in [0, 0.05) is 9.77 Å². The van der Waals surface area contributed by atoms with Gasteiger partial charge in [0.05, 0.1) is 24.1 Å². The molecule has 0 fully saturated rings. The highest BCUT2D eigenvalue weighted by molar-refractivity contribution is 14.1. The topological polar surface area (TPSA) is 51.0 Å². The zero-order valence-electron chi connectivity index (χ0n) is 8.20. The van der Waals surface area contributed by atoms with Crippen molar-refractivity contribution in [1.82, 2.24) is 9.97 Å². The van der Waals surface area contributed by atoms with E-state index in [1.165, 1.54) is 0 Å². The third-order valence-electron chi connectivity index (χ3n) is 1.86. The third-order valence-corrected chi connectivity index (χ3v) is 2.81. The molecular weight excluding hydrogens is 305 g/mol. The predicted octanol–water partition coefficient (Wildman–Crippen LogP) is 2.59. The SMILES string of the molecule is Cc1coc(CNc2cnccc2I)n1. The monoisotopic (exact) mass is 315 g/mol. The molecule has 0 amide bonds. The predicted molar refractivity (Wildman–Crippen MR) is 65.5 cm³/mol. The van der Waals surface area contributed by atoms with Crippen molar-refractivity contribution in [2.75, 3.05) is 5.32 Å². The van der Waals surface area contributed by atoms with E-state index < -0.39 is 0 Å². The Labute approximate surface area is 101 Å². The molecular formula is C10H10IN3O. The highest BCUT2D eigenvalue weighted by Crippen LogP contribution is 2.16. The van der Waals surface area contributed by atoms with Crippen molar-refractivity contribution in [3.63, 3.8) is 0 Å². The number of halogens is 1. The van der Waals surface area contributed by atoms with Gasteiger partial charge >= 0.3 is 0 Å². The van der Waals surface area contributed by atoms with Crippen LogP contribution in [0.25, 0.3) is 0 Å². The number of aryl methyl sites for hydroxylation is 1. The Bertz CT molecular complexity index is 455. The maximum absolute atomic E-state index is 5.23. The van der Waals surface area contributed by atoms with E-state index in [1.54, 1.807) is 18.7 Å². The molecule has 15 heavy (non-hydrogen) atoms. The number of hydrogen-bond donors (Lipinski definition) is 1. The van der Waals surface area contributed by atoms with Crippen LogP contribution in [0.1, 0.15) is 11.6 Å². The molecule has 0 aromatic carbocycles. The van der Waals surface area contributed by atoms with Gasteiger partial charge < -0.3 is 9.73 Å². The van der Waals surface area contributed by atoms with Crippen molar-refractivity contribution in [3.05, 3.63) is 39.9 Å². The summed E-state index contributed by atoms with van der Waals surface area (Å²) in [7, 11) is 0. The van der Waals surface area contributed by atoms with Gasteiger partial charge in [0.15, 0.2) is 0 Å². The average Bonchev–Trinajstić information content (AvgIpc) is 2.63. The molecule has 2 heterocycles. The normalized spacial score (nSPS) is 10.3. The maximum atomic E-state index is 5.23. The van der Waals surface area contributed by atoms with E-state index in [-0.39, 0.29) is 0 Å². The van der Waals surface area contributed by atoms with Crippen LogP contribution >= 0.6 is 22.6 Å². The summed E-state index contributed by atoms with van der Waals surface area (Å²) in [6, 6.07) is 1.95. The van der Waals surface area contributed by atoms with Gasteiger partial charge in [-0.25, -0.2) is 4.98 Å². The average molecular weight is 315 g/mol. The van der Waals surface area contributed by atoms with Gasteiger partial charge in [0.25, 0.3) is 0 Å². The van der Waals surface area contributed by atoms with Crippen molar-refractivity contribution in [2.24, 2.45) is 0 Å². The van der Waals surface area contributed by atoms with Crippen LogP contribution in [-0.4, -0.2) is 9.97 Å². The Kier molecular flexibility index (Phi) is 3.20. The lowest BCUT2D eigenvalue weighted by molar-refractivity contribution is 0.503. The Morgan fingerprint density at radius 1 is 1.53 bits per heavy atom. The van der Waals surface area contributed by atoms with Crippen molar-refractivity contribution >= 4 is 28.3 Å². The number of rotatable bonds is 3. The molecule has 0 saturated heterocycles. The molecule has 0 atom stereocenters. The second-order valence-corrected chi connectivity index (χ2v) is 4.25. The largest absolute Gasteiger partial charge is 0.447 e. The minimum absolute atomic E-state index is 0.579. The summed E-state index contributed by atoms with van der Waals surface area (Å²) >= 11 is 2.25. The van der Waals surface area contributed by atoms with Crippen LogP contribution in [0.3, 0.4) is 0 Å². The lowest BCUT2D eigenvalue weighted by atomic mass is 10.4. The molecule has 2 rings (SSSR count). The molecule has 2 aromatic heterocycles. The van der Waals surface area contributed by atoms with E-state index in [2.05, 4.69) is 37.9 Å². The van der Waals surface area contributed by atoms with Crippen LogP contribution < -0.4 is 5.32 Å². The first-order chi connectivity index (χ1) is 7.25. The molecule has 0 aliphatic rings. The lowest BCUT2D eigenvalue weighted by Crippen LogP contribution is -2.01. The van der Waals surface area contributed by atoms with Gasteiger partial charge in [0.2, 0.25) is 5.89 Å². The van der Waals surface area contributed by atoms with E-state index in [0.29, 0.717) is 12.4 Å². The zero-order chi connectivity index (χ0) is 10.7. The van der Waals surface area contributed by atoms with Crippen LogP contribution in [0.15, 0.2) is 29.1 Å². The summed E-state index contributed by atoms with van der Waals surface area (Å²) in [6.07, 6.45) is 5.20. The van der Waals surface area contributed by atoms with Crippen LogP contribution in [-0.2, 0) is 6.54 Å². The van der Waals surface area contributed by atoms with E-state index in [1.807, 2.05) is 13.0 Å². The first kappa shape index (κ1) is 10.4. The number of nitrogens with one attached hydrogen (secondary N) is 1. The molecule has 0 radical (unpaired) electrons. The lowest BCUT2D eigenvalue weighted by Gasteiger charge is -2.04. The second kappa shape index (κ2) is 4.61. The van der Waals surface area contributed by atoms with Gasteiger partial charge in [0.1, 0.15) is 6.26 Å². The molecule has 4 nitrogen and oxygen atoms in total. The Morgan fingerprint density at radius 2 is 2.40 bits per heavy atom. The molecule has 2 aromatic rings. The second-order valence-electron chi connectivity index (χ2n) is 3.09. The number of hydrogen-bond acceptors (Lipinski definition) is 4. The first-order valence-corrected chi connectivity index (χ1v) is 5.58. The molecule has 0 bridgehead atoms. The van der Waals surface area contributed by atoms with Crippen LogP contribution in [0.5, 0.6) is 0 Å². The van der Waals surface area contributed by atoms with Gasteiger partial charge in [-0.3, -0.25) is 4.98 Å². The smallest absolute Gasteiger partial charge is 0.213 e. The first-order valence-electron chi connectivity index (χ1n) is 4.50. The van der Waals surface area contributed by atoms with Crippen LogP contribution in [0.4, 0.5) is 5.69 Å². The number of pyridine rings is 1. The summed E-state index contributed by atoms with van der Waals surface area (Å²) in [5.74, 6) is 0.687. The van der Waals surface area contributed by atoms with Gasteiger partial charge in [-0.1, -0.05) is 0 Å². The molecule has 0 spiro atoms. The third kappa shape index (κ3) is 2.68. The van der Waals surface area contributed by atoms with E-state index in [4.69, 9.17) is 4.42 Å². The number of anilines is 1. The molecule has 78 valence electrons. The van der Waals surface area contributed by atoms with Crippen molar-refractivity contribution in [1.29, 1.82) is 0 Å². The number of oxazole rings is 1. The van der Waals surface area contributed by atoms with Crippen molar-refractivity contribution < 1.29 is 4.42 Å². The molecule has 0 saturated carbocycles. The van der Waals surface area contributed by atoms with Gasteiger partial charge in [-0.2, -0.15) is 0 Å². The summed E-state index contributed by atoms with van der Waals surface area (Å²) < 4.78 is 6.36. The fourth-order valence-corrected chi connectivity index (χ4v) is 1.65. The summed E-state index contributed by atoms with van der Waals surface area (Å²) in [5.41, 5.74) is 1.89. The number of nitrogens with zero attached hydrogens (tertiary/aromatic N) is 2. The zero-order valence-corrected chi connectivity index (χ0v) is 10.4. The van der Waals surface area contributed by atoms with Crippen LogP contribution in [0, 0.1) is 10.5 Å². The molecule has 0 unspecified atom stereocenters. The van der Waals surface area contributed by atoms with Gasteiger partial charge in [-0.05, 0) is 35.6 Å². The summed E-state index contributed by atoms with van der Waals surface area (Å²) in [4.78, 5) is 8.25. The number of aromatic nitrogens is 2. The molecule has 1 N–H and O–H groups in total. The van der Waals surface area contributed by atoms with E-state index >= 15 is 0 Å². The Morgan fingerprint density at radius 3 is 3.07 bits per heavy atom. The van der Waals surface area contributed by atoms with E-state index in [9.17, 15) is 0 Å². The minimum Gasteiger partial charge on any atom is -0.447 e. The Hall–Kier alpha value is -1.11.